The molecule has 0 rings (SSSR count). The molecule has 0 aliphatic rings. The zero-order valence-corrected chi connectivity index (χ0v) is 21.2. The van der Waals surface area contributed by atoms with Crippen LogP contribution in [-0.2, 0) is 14.3 Å². The topological polar surface area (TPSA) is 55.4 Å². The number of carbonyl (C=O) groups excluding carboxylic acids is 2. The van der Waals surface area contributed by atoms with Crippen LogP contribution in [0.4, 0.5) is 13.2 Å². The van der Waals surface area contributed by atoms with Crippen LogP contribution in [0.15, 0.2) is 0 Å². The van der Waals surface area contributed by atoms with Crippen LogP contribution >= 0.6 is 11.8 Å². The van der Waals surface area contributed by atoms with Gasteiger partial charge in [-0.3, -0.25) is 9.59 Å². The Morgan fingerprint density at radius 1 is 0.939 bits per heavy atom. The first-order valence-electron chi connectivity index (χ1n) is 12.3. The summed E-state index contributed by atoms with van der Waals surface area (Å²) in [5.74, 6) is 4.64. The van der Waals surface area contributed by atoms with Crippen LogP contribution < -0.4 is 5.32 Å². The number of unbranched alkanes of at least 4 members (excludes halogenated alkanes) is 11. The monoisotopic (exact) mass is 493 g/mol. The van der Waals surface area contributed by atoms with Gasteiger partial charge < -0.3 is 10.1 Å². The molecule has 0 saturated heterocycles. The van der Waals surface area contributed by atoms with Gasteiger partial charge in [0.25, 0.3) is 0 Å². The van der Waals surface area contributed by atoms with Gasteiger partial charge >= 0.3 is 18.1 Å². The number of hydrogen-bond donors (Lipinski definition) is 1. The lowest BCUT2D eigenvalue weighted by Gasteiger charge is -2.12. The van der Waals surface area contributed by atoms with Gasteiger partial charge in [-0.2, -0.15) is 13.2 Å². The van der Waals surface area contributed by atoms with Crippen LogP contribution in [0.5, 0.6) is 0 Å². The molecular formula is C25H42F3NO3S. The second-order valence-corrected chi connectivity index (χ2v) is 9.50. The van der Waals surface area contributed by atoms with E-state index in [1.165, 1.54) is 76.7 Å². The zero-order valence-electron chi connectivity index (χ0n) is 20.4. The van der Waals surface area contributed by atoms with Gasteiger partial charge in [0, 0.05) is 25.1 Å². The number of halogens is 3. The number of rotatable bonds is 19. The molecule has 0 fully saturated rings. The summed E-state index contributed by atoms with van der Waals surface area (Å²) < 4.78 is 41.4. The second kappa shape index (κ2) is 21.2. The van der Waals surface area contributed by atoms with Gasteiger partial charge in [-0.25, -0.2) is 0 Å². The molecule has 0 spiro atoms. The van der Waals surface area contributed by atoms with Crippen molar-refractivity contribution in [3.05, 3.63) is 0 Å². The third-order valence-electron chi connectivity index (χ3n) is 5.21. The number of amides is 1. The van der Waals surface area contributed by atoms with Crippen LogP contribution in [0.2, 0.25) is 0 Å². The van der Waals surface area contributed by atoms with Crippen molar-refractivity contribution >= 4 is 23.6 Å². The number of ether oxygens (including phenoxy) is 1. The maximum atomic E-state index is 12.3. The molecule has 0 radical (unpaired) electrons. The summed E-state index contributed by atoms with van der Waals surface area (Å²) in [5, 5.41) is 1.87. The summed E-state index contributed by atoms with van der Waals surface area (Å²) in [4.78, 5) is 22.1. The lowest BCUT2D eigenvalue weighted by molar-refractivity contribution is -0.173. The van der Waals surface area contributed by atoms with Crippen LogP contribution in [0.3, 0.4) is 0 Å². The first-order valence-corrected chi connectivity index (χ1v) is 13.4. The number of alkyl halides is 3. The predicted molar refractivity (Wildman–Crippen MR) is 130 cm³/mol. The van der Waals surface area contributed by atoms with Crippen LogP contribution in [-0.4, -0.2) is 42.7 Å². The highest BCUT2D eigenvalue weighted by Crippen LogP contribution is 2.18. The van der Waals surface area contributed by atoms with Crippen molar-refractivity contribution in [1.82, 2.24) is 5.32 Å². The minimum atomic E-state index is -4.85. The van der Waals surface area contributed by atoms with E-state index in [4.69, 9.17) is 0 Å². The number of esters is 1. The number of carbonyl (C=O) groups is 2. The van der Waals surface area contributed by atoms with E-state index >= 15 is 0 Å². The molecule has 0 aliphatic heterocycles. The highest BCUT2D eigenvalue weighted by Gasteiger charge is 2.38. The molecular weight excluding hydrogens is 451 g/mol. The first kappa shape index (κ1) is 31.6. The molecule has 0 bridgehead atoms. The number of thioether (sulfide) groups is 1. The van der Waals surface area contributed by atoms with E-state index in [9.17, 15) is 22.8 Å². The molecule has 0 saturated carbocycles. The van der Waals surface area contributed by atoms with Gasteiger partial charge in [0.15, 0.2) is 0 Å². The standard InChI is InChI=1S/C25H42F3NO3S/c1-3-4-5-6-7-8-9-10-11-12-13-14-17-22(18-15-16-19-23(30)32-2)33-21-20-29-24(31)25(26,27)28/h22H,3-13,15-16,18-21H2,1-2H3,(H,29,31). The maximum Gasteiger partial charge on any atom is 0.471 e. The van der Waals surface area contributed by atoms with Gasteiger partial charge in [-0.1, -0.05) is 77.1 Å². The second-order valence-electron chi connectivity index (χ2n) is 8.19. The van der Waals surface area contributed by atoms with E-state index in [2.05, 4.69) is 23.5 Å². The Balaban J connectivity index is 4.15. The maximum absolute atomic E-state index is 12.3. The molecule has 1 unspecified atom stereocenters. The Kier molecular flexibility index (Phi) is 20.3. The lowest BCUT2D eigenvalue weighted by Crippen LogP contribution is -2.38. The average Bonchev–Trinajstić information content (AvgIpc) is 2.78. The number of methoxy groups -OCH3 is 1. The van der Waals surface area contributed by atoms with E-state index in [1.807, 2.05) is 5.32 Å². The Morgan fingerprint density at radius 2 is 1.55 bits per heavy atom. The Labute approximate surface area is 202 Å². The molecule has 4 nitrogen and oxygen atoms in total. The molecule has 8 heteroatoms. The van der Waals surface area contributed by atoms with Gasteiger partial charge in [0.1, 0.15) is 0 Å². The van der Waals surface area contributed by atoms with Crippen LogP contribution in [0, 0.1) is 11.8 Å². The van der Waals surface area contributed by atoms with E-state index in [0.717, 1.165) is 25.7 Å². The fraction of sp³-hybridized carbons (Fsp3) is 0.840. The van der Waals surface area contributed by atoms with Crippen molar-refractivity contribution in [2.24, 2.45) is 0 Å². The van der Waals surface area contributed by atoms with Crippen molar-refractivity contribution in [2.75, 3.05) is 19.4 Å². The Morgan fingerprint density at radius 3 is 2.12 bits per heavy atom. The molecule has 0 aliphatic carbocycles. The summed E-state index contributed by atoms with van der Waals surface area (Å²) >= 11 is 1.45. The van der Waals surface area contributed by atoms with Gasteiger partial charge in [0.05, 0.1) is 12.4 Å². The molecule has 0 aromatic rings. The molecule has 33 heavy (non-hydrogen) atoms. The molecule has 192 valence electrons. The summed E-state index contributed by atoms with van der Waals surface area (Å²) in [6, 6.07) is 0. The van der Waals surface area contributed by atoms with Gasteiger partial charge in [-0.05, 0) is 19.3 Å². The summed E-state index contributed by atoms with van der Waals surface area (Å²) in [5.41, 5.74) is 0. The van der Waals surface area contributed by atoms with Crippen molar-refractivity contribution in [1.29, 1.82) is 0 Å². The highest BCUT2D eigenvalue weighted by atomic mass is 32.2. The minimum absolute atomic E-state index is 0.0199. The molecule has 0 aromatic carbocycles. The smallest absolute Gasteiger partial charge is 0.469 e. The van der Waals surface area contributed by atoms with Gasteiger partial charge in [0.2, 0.25) is 0 Å². The van der Waals surface area contributed by atoms with Crippen molar-refractivity contribution in [2.45, 2.75) is 115 Å². The normalized spacial score (nSPS) is 12.0. The largest absolute Gasteiger partial charge is 0.471 e. The number of hydrogen-bond acceptors (Lipinski definition) is 4. The Bertz CT molecular complexity index is 573. The highest BCUT2D eigenvalue weighted by molar-refractivity contribution is 8.00. The molecule has 0 aromatic heterocycles. The van der Waals surface area contributed by atoms with Gasteiger partial charge in [-0.15, -0.1) is 17.7 Å². The number of nitrogens with one attached hydrogen (secondary N) is 1. The van der Waals surface area contributed by atoms with Crippen LogP contribution in [0.1, 0.15) is 103 Å². The van der Waals surface area contributed by atoms with E-state index < -0.39 is 12.1 Å². The fourth-order valence-corrected chi connectivity index (χ4v) is 4.26. The zero-order chi connectivity index (χ0) is 24.8. The molecule has 1 amide bonds. The first-order chi connectivity index (χ1) is 15.8. The van der Waals surface area contributed by atoms with Crippen molar-refractivity contribution in [3.63, 3.8) is 0 Å². The third-order valence-corrected chi connectivity index (χ3v) is 6.40. The molecule has 1 atom stereocenters. The Hall–Kier alpha value is -1.36. The quantitative estimate of drug-likeness (QED) is 0.122. The molecule has 1 N–H and O–H groups in total. The van der Waals surface area contributed by atoms with E-state index in [-0.39, 0.29) is 17.8 Å². The third kappa shape index (κ3) is 20.9. The lowest BCUT2D eigenvalue weighted by atomic mass is 10.1. The minimum Gasteiger partial charge on any atom is -0.469 e. The van der Waals surface area contributed by atoms with Crippen molar-refractivity contribution < 1.29 is 27.5 Å². The SMILES string of the molecule is CCCCCCCCCCCCC#CC(CCCCC(=O)OC)SCCNC(=O)C(F)(F)F. The van der Waals surface area contributed by atoms with E-state index in [1.54, 1.807) is 0 Å². The average molecular weight is 494 g/mol. The van der Waals surface area contributed by atoms with E-state index in [0.29, 0.717) is 18.6 Å². The summed E-state index contributed by atoms with van der Waals surface area (Å²) in [7, 11) is 1.36. The fourth-order valence-electron chi connectivity index (χ4n) is 3.25. The summed E-state index contributed by atoms with van der Waals surface area (Å²) in [6.45, 7) is 2.18. The molecule has 0 heterocycles. The predicted octanol–water partition coefficient (Wildman–Crippen LogP) is 6.81. The summed E-state index contributed by atoms with van der Waals surface area (Å²) in [6.07, 6.45) is 11.2. The van der Waals surface area contributed by atoms with Crippen LogP contribution in [0.25, 0.3) is 0 Å². The van der Waals surface area contributed by atoms with Crippen molar-refractivity contribution in [3.8, 4) is 11.8 Å².